The van der Waals surface area contributed by atoms with E-state index in [2.05, 4.69) is 10.4 Å². The second-order valence-electron chi connectivity index (χ2n) is 7.17. The van der Waals surface area contributed by atoms with Crippen LogP contribution in [0.4, 0.5) is 10.1 Å². The number of hydrogen-bond acceptors (Lipinski definition) is 4. The molecule has 1 heterocycles. The number of carbonyl (C=O) groups excluding carboxylic acids is 1. The van der Waals surface area contributed by atoms with E-state index in [1.54, 1.807) is 54.6 Å². The predicted molar refractivity (Wildman–Crippen MR) is 117 cm³/mol. The average Bonchev–Trinajstić information content (AvgIpc) is 3.21. The van der Waals surface area contributed by atoms with Gasteiger partial charge < -0.3 is 5.32 Å². The monoisotopic (exact) mass is 437 g/mol. The lowest BCUT2D eigenvalue weighted by Crippen LogP contribution is -2.27. The van der Waals surface area contributed by atoms with Crippen LogP contribution in [0.2, 0.25) is 0 Å². The number of rotatable bonds is 5. The Balaban J connectivity index is 1.79. The first-order valence-corrected chi connectivity index (χ1v) is 11.1. The molecule has 1 amide bonds. The summed E-state index contributed by atoms with van der Waals surface area (Å²) in [6.45, 7) is 1.40. The molecular weight excluding hydrogens is 417 g/mol. The first-order chi connectivity index (χ1) is 14.8. The van der Waals surface area contributed by atoms with E-state index >= 15 is 0 Å². The molecule has 0 saturated carbocycles. The van der Waals surface area contributed by atoms with Crippen molar-refractivity contribution >= 4 is 27.3 Å². The average molecular weight is 437 g/mol. The summed E-state index contributed by atoms with van der Waals surface area (Å²) >= 11 is 0. The van der Waals surface area contributed by atoms with Gasteiger partial charge in [-0.2, -0.15) is 17.9 Å². The lowest BCUT2D eigenvalue weighted by Gasteiger charge is -2.24. The zero-order valence-electron chi connectivity index (χ0n) is 16.7. The number of halogens is 1. The number of amides is 1. The molecule has 0 fully saturated rings. The minimum Gasteiger partial charge on any atom is -0.326 e. The van der Waals surface area contributed by atoms with Crippen LogP contribution in [-0.4, -0.2) is 24.5 Å². The lowest BCUT2D eigenvalue weighted by atomic mass is 9.99. The zero-order valence-corrected chi connectivity index (χ0v) is 17.5. The normalized spacial score (nSPS) is 16.1. The molecule has 1 aliphatic rings. The SMILES string of the molecule is CC(=O)Nc1cccc(C2CC(c3cccc(F)c3)=NN2S(=O)(=O)c2ccccc2)c1. The number of nitrogens with zero attached hydrogens (tertiary/aromatic N) is 2. The molecule has 0 bridgehead atoms. The topological polar surface area (TPSA) is 78.8 Å². The van der Waals surface area contributed by atoms with Crippen LogP contribution in [0.1, 0.15) is 30.5 Å². The van der Waals surface area contributed by atoms with Gasteiger partial charge in [0.15, 0.2) is 0 Å². The van der Waals surface area contributed by atoms with Crippen molar-refractivity contribution in [1.82, 2.24) is 4.41 Å². The van der Waals surface area contributed by atoms with Gasteiger partial charge in [-0.05, 0) is 42.0 Å². The summed E-state index contributed by atoms with van der Waals surface area (Å²) in [7, 11) is -3.96. The molecule has 6 nitrogen and oxygen atoms in total. The van der Waals surface area contributed by atoms with Crippen molar-refractivity contribution in [2.45, 2.75) is 24.3 Å². The van der Waals surface area contributed by atoms with Gasteiger partial charge in [-0.15, -0.1) is 0 Å². The number of anilines is 1. The minimum atomic E-state index is -3.96. The molecule has 1 unspecified atom stereocenters. The Hall–Kier alpha value is -3.52. The van der Waals surface area contributed by atoms with Crippen molar-refractivity contribution in [3.05, 3.63) is 95.8 Å². The standard InChI is InChI=1S/C23H20FN3O3S/c1-16(28)25-20-10-6-8-18(14-20)23-15-22(17-7-5-9-19(24)13-17)26-27(23)31(29,30)21-11-3-2-4-12-21/h2-14,23H,15H2,1H3,(H,25,28). The van der Waals surface area contributed by atoms with Gasteiger partial charge in [0.05, 0.1) is 16.6 Å². The van der Waals surface area contributed by atoms with Crippen molar-refractivity contribution in [2.75, 3.05) is 5.32 Å². The minimum absolute atomic E-state index is 0.113. The Labute approximate surface area is 180 Å². The van der Waals surface area contributed by atoms with Gasteiger partial charge in [-0.25, -0.2) is 4.39 Å². The summed E-state index contributed by atoms with van der Waals surface area (Å²) in [5.41, 5.74) is 2.21. The number of nitrogens with one attached hydrogen (secondary N) is 1. The number of carbonyl (C=O) groups is 1. The second kappa shape index (κ2) is 8.31. The number of hydrazone groups is 1. The zero-order chi connectivity index (χ0) is 22.0. The highest BCUT2D eigenvalue weighted by Gasteiger charge is 2.37. The van der Waals surface area contributed by atoms with Crippen molar-refractivity contribution in [1.29, 1.82) is 0 Å². The molecule has 1 N–H and O–H groups in total. The quantitative estimate of drug-likeness (QED) is 0.646. The maximum absolute atomic E-state index is 13.8. The van der Waals surface area contributed by atoms with E-state index < -0.39 is 21.9 Å². The molecule has 4 rings (SSSR count). The first kappa shape index (κ1) is 20.7. The Kier molecular flexibility index (Phi) is 5.56. The molecule has 31 heavy (non-hydrogen) atoms. The van der Waals surface area contributed by atoms with Gasteiger partial charge >= 0.3 is 0 Å². The fourth-order valence-corrected chi connectivity index (χ4v) is 4.98. The molecule has 0 aliphatic carbocycles. The highest BCUT2D eigenvalue weighted by atomic mass is 32.2. The summed E-state index contributed by atoms with van der Waals surface area (Å²) in [6, 6.07) is 20.3. The fourth-order valence-electron chi connectivity index (χ4n) is 3.53. The first-order valence-electron chi connectivity index (χ1n) is 9.65. The van der Waals surface area contributed by atoms with E-state index in [1.165, 1.54) is 31.2 Å². The van der Waals surface area contributed by atoms with Gasteiger partial charge in [-0.3, -0.25) is 4.79 Å². The molecule has 0 radical (unpaired) electrons. The maximum atomic E-state index is 13.8. The van der Waals surface area contributed by atoms with Gasteiger partial charge in [-0.1, -0.05) is 42.5 Å². The maximum Gasteiger partial charge on any atom is 0.279 e. The molecule has 0 saturated heterocycles. The molecule has 158 valence electrons. The lowest BCUT2D eigenvalue weighted by molar-refractivity contribution is -0.114. The van der Waals surface area contributed by atoms with Crippen molar-refractivity contribution in [2.24, 2.45) is 5.10 Å². The molecule has 0 spiro atoms. The van der Waals surface area contributed by atoms with E-state index in [4.69, 9.17) is 0 Å². The molecule has 0 aromatic heterocycles. The molecule has 3 aromatic rings. The smallest absolute Gasteiger partial charge is 0.279 e. The Morgan fingerprint density at radius 3 is 2.48 bits per heavy atom. The number of benzene rings is 3. The van der Waals surface area contributed by atoms with E-state index in [1.807, 2.05) is 0 Å². The molecular formula is C23H20FN3O3S. The van der Waals surface area contributed by atoms with E-state index in [0.717, 1.165) is 4.41 Å². The van der Waals surface area contributed by atoms with Crippen LogP contribution in [0.3, 0.4) is 0 Å². The Morgan fingerprint density at radius 2 is 1.77 bits per heavy atom. The third-order valence-electron chi connectivity index (χ3n) is 4.91. The Bertz CT molecular complexity index is 1260. The van der Waals surface area contributed by atoms with Crippen molar-refractivity contribution < 1.29 is 17.6 Å². The summed E-state index contributed by atoms with van der Waals surface area (Å²) in [5, 5.41) is 7.11. The van der Waals surface area contributed by atoms with Gasteiger partial charge in [0.25, 0.3) is 10.0 Å². The summed E-state index contributed by atoms with van der Waals surface area (Å²) in [6.07, 6.45) is 0.263. The summed E-state index contributed by atoms with van der Waals surface area (Å²) < 4.78 is 41.7. The number of sulfonamides is 1. The van der Waals surface area contributed by atoms with Crippen LogP contribution in [0, 0.1) is 5.82 Å². The molecule has 1 atom stereocenters. The summed E-state index contributed by atoms with van der Waals surface area (Å²) in [5.74, 6) is -0.650. The van der Waals surface area contributed by atoms with Crippen molar-refractivity contribution in [3.63, 3.8) is 0 Å². The molecule has 8 heteroatoms. The van der Waals surface area contributed by atoms with E-state index in [9.17, 15) is 17.6 Å². The van der Waals surface area contributed by atoms with Crippen LogP contribution in [0.15, 0.2) is 88.9 Å². The van der Waals surface area contributed by atoms with E-state index in [0.29, 0.717) is 22.5 Å². The van der Waals surface area contributed by atoms with Crippen LogP contribution in [-0.2, 0) is 14.8 Å². The van der Waals surface area contributed by atoms with E-state index in [-0.39, 0.29) is 17.2 Å². The number of hydrogen-bond donors (Lipinski definition) is 1. The third kappa shape index (κ3) is 4.34. The molecule has 3 aromatic carbocycles. The molecule has 1 aliphatic heterocycles. The van der Waals surface area contributed by atoms with Gasteiger partial charge in [0.1, 0.15) is 5.82 Å². The van der Waals surface area contributed by atoms with Gasteiger partial charge in [0, 0.05) is 24.6 Å². The summed E-state index contributed by atoms with van der Waals surface area (Å²) in [4.78, 5) is 11.6. The Morgan fingerprint density at radius 1 is 1.03 bits per heavy atom. The van der Waals surface area contributed by atoms with Crippen LogP contribution in [0.25, 0.3) is 0 Å². The highest BCUT2D eigenvalue weighted by Crippen LogP contribution is 2.37. The van der Waals surface area contributed by atoms with Crippen LogP contribution >= 0.6 is 0 Å². The highest BCUT2D eigenvalue weighted by molar-refractivity contribution is 7.89. The van der Waals surface area contributed by atoms with Crippen LogP contribution in [0.5, 0.6) is 0 Å². The van der Waals surface area contributed by atoms with Gasteiger partial charge in [0.2, 0.25) is 5.91 Å². The predicted octanol–water partition coefficient (Wildman–Crippen LogP) is 4.32. The van der Waals surface area contributed by atoms with Crippen LogP contribution < -0.4 is 5.32 Å². The second-order valence-corrected chi connectivity index (χ2v) is 8.97. The fraction of sp³-hybridized carbons (Fsp3) is 0.130. The largest absolute Gasteiger partial charge is 0.326 e. The third-order valence-corrected chi connectivity index (χ3v) is 6.61. The van der Waals surface area contributed by atoms with Crippen molar-refractivity contribution in [3.8, 4) is 0 Å².